The molecule has 156 valence electrons. The monoisotopic (exact) mass is 420 g/mol. The molecule has 0 saturated carbocycles. The zero-order chi connectivity index (χ0) is 21.3. The van der Waals surface area contributed by atoms with Crippen LogP contribution in [-0.4, -0.2) is 53.7 Å². The van der Waals surface area contributed by atoms with Crippen molar-refractivity contribution in [1.82, 2.24) is 9.62 Å². The van der Waals surface area contributed by atoms with Crippen LogP contribution in [0.3, 0.4) is 0 Å². The molecule has 1 amide bonds. The molecule has 4 N–H and O–H groups in total. The average molecular weight is 420 g/mol. The van der Waals surface area contributed by atoms with Crippen molar-refractivity contribution in [3.8, 4) is 17.2 Å². The summed E-state index contributed by atoms with van der Waals surface area (Å²) >= 11 is 0. The molecule has 1 saturated heterocycles. The van der Waals surface area contributed by atoms with Gasteiger partial charge in [-0.3, -0.25) is 4.79 Å². The minimum atomic E-state index is -3.66. The number of rotatable bonds is 4. The van der Waals surface area contributed by atoms with Gasteiger partial charge in [0.05, 0.1) is 4.90 Å². The highest BCUT2D eigenvalue weighted by molar-refractivity contribution is 7.89. The fourth-order valence-electron chi connectivity index (χ4n) is 3.49. The largest absolute Gasteiger partial charge is 0.504 e. The summed E-state index contributed by atoms with van der Waals surface area (Å²) in [4.78, 5) is 14.4. The first kappa shape index (κ1) is 20.9. The second-order valence-electron chi connectivity index (χ2n) is 7.32. The molecule has 2 aromatic carbocycles. The zero-order valence-corrected chi connectivity index (χ0v) is 17.0. The van der Waals surface area contributed by atoms with Crippen LogP contribution in [0.1, 0.15) is 34.3 Å². The second kappa shape index (κ2) is 7.92. The lowest BCUT2D eigenvalue weighted by molar-refractivity contribution is 0.0710. The highest BCUT2D eigenvalue weighted by Crippen LogP contribution is 2.35. The number of benzene rings is 2. The van der Waals surface area contributed by atoms with E-state index in [0.29, 0.717) is 31.5 Å². The molecule has 0 radical (unpaired) electrons. The first-order chi connectivity index (χ1) is 13.6. The van der Waals surface area contributed by atoms with E-state index in [1.807, 2.05) is 13.0 Å². The summed E-state index contributed by atoms with van der Waals surface area (Å²) in [5, 5.41) is 28.6. The van der Waals surface area contributed by atoms with Crippen molar-refractivity contribution in [1.29, 1.82) is 0 Å². The minimum absolute atomic E-state index is 0.0483. The van der Waals surface area contributed by atoms with Gasteiger partial charge in [0, 0.05) is 24.7 Å². The molecule has 1 fully saturated rings. The third-order valence-corrected chi connectivity index (χ3v) is 6.72. The SMILES string of the molecule is Cc1ccc(S(=O)(=O)NC2CCN(C(=O)c3cc(O)c(O)c(O)c3)CC2)c(C)c1. The number of phenolic OH excluding ortho intramolecular Hbond substituents is 3. The number of amides is 1. The Hall–Kier alpha value is -2.78. The smallest absolute Gasteiger partial charge is 0.254 e. The van der Waals surface area contributed by atoms with E-state index in [0.717, 1.165) is 17.7 Å². The van der Waals surface area contributed by atoms with Gasteiger partial charge >= 0.3 is 0 Å². The number of carbonyl (C=O) groups is 1. The van der Waals surface area contributed by atoms with E-state index in [4.69, 9.17) is 0 Å². The number of aryl methyl sites for hydroxylation is 2. The average Bonchev–Trinajstić information content (AvgIpc) is 2.65. The Morgan fingerprint density at radius 3 is 2.17 bits per heavy atom. The number of hydrogen-bond acceptors (Lipinski definition) is 6. The second-order valence-corrected chi connectivity index (χ2v) is 9.00. The van der Waals surface area contributed by atoms with E-state index in [2.05, 4.69) is 4.72 Å². The molecule has 1 aliphatic heterocycles. The lowest BCUT2D eigenvalue weighted by Crippen LogP contribution is -2.46. The maximum Gasteiger partial charge on any atom is 0.254 e. The molecule has 0 bridgehead atoms. The molecule has 0 atom stereocenters. The highest BCUT2D eigenvalue weighted by Gasteiger charge is 2.28. The van der Waals surface area contributed by atoms with Crippen molar-refractivity contribution in [3.05, 3.63) is 47.0 Å². The molecule has 0 spiro atoms. The summed E-state index contributed by atoms with van der Waals surface area (Å²) in [6.07, 6.45) is 0.873. The molecule has 3 rings (SSSR count). The molecule has 0 unspecified atom stereocenters. The van der Waals surface area contributed by atoms with E-state index < -0.39 is 33.2 Å². The van der Waals surface area contributed by atoms with Gasteiger partial charge < -0.3 is 20.2 Å². The van der Waals surface area contributed by atoms with Crippen molar-refractivity contribution in [2.24, 2.45) is 0 Å². The van der Waals surface area contributed by atoms with Crippen LogP contribution < -0.4 is 4.72 Å². The maximum absolute atomic E-state index is 12.7. The summed E-state index contributed by atoms with van der Waals surface area (Å²) in [5.41, 5.74) is 1.71. The third kappa shape index (κ3) is 4.46. The van der Waals surface area contributed by atoms with E-state index >= 15 is 0 Å². The molecular formula is C20H24N2O6S. The van der Waals surface area contributed by atoms with Gasteiger partial charge in [-0.2, -0.15) is 0 Å². The molecule has 1 aliphatic rings. The first-order valence-electron chi connectivity index (χ1n) is 9.22. The van der Waals surface area contributed by atoms with Crippen molar-refractivity contribution in [2.75, 3.05) is 13.1 Å². The lowest BCUT2D eigenvalue weighted by atomic mass is 10.0. The third-order valence-electron chi connectivity index (χ3n) is 5.04. The lowest BCUT2D eigenvalue weighted by Gasteiger charge is -2.32. The molecular weight excluding hydrogens is 396 g/mol. The van der Waals surface area contributed by atoms with E-state index in [1.165, 1.54) is 4.90 Å². The van der Waals surface area contributed by atoms with Crippen molar-refractivity contribution in [2.45, 2.75) is 37.6 Å². The Morgan fingerprint density at radius 1 is 1.03 bits per heavy atom. The number of hydrogen-bond donors (Lipinski definition) is 4. The highest BCUT2D eigenvalue weighted by atomic mass is 32.2. The van der Waals surface area contributed by atoms with E-state index in [9.17, 15) is 28.5 Å². The van der Waals surface area contributed by atoms with Crippen LogP contribution in [0.25, 0.3) is 0 Å². The number of likely N-dealkylation sites (tertiary alicyclic amines) is 1. The number of aromatic hydroxyl groups is 3. The van der Waals surface area contributed by atoms with Crippen LogP contribution in [0.4, 0.5) is 0 Å². The van der Waals surface area contributed by atoms with Gasteiger partial charge in [0.2, 0.25) is 10.0 Å². The van der Waals surface area contributed by atoms with Crippen molar-refractivity contribution >= 4 is 15.9 Å². The fourth-order valence-corrected chi connectivity index (χ4v) is 5.03. The summed E-state index contributed by atoms with van der Waals surface area (Å²) in [6, 6.07) is 7.05. The topological polar surface area (TPSA) is 127 Å². The molecule has 29 heavy (non-hydrogen) atoms. The number of nitrogens with one attached hydrogen (secondary N) is 1. The van der Waals surface area contributed by atoms with Gasteiger partial charge in [-0.05, 0) is 50.5 Å². The Balaban J connectivity index is 1.65. The van der Waals surface area contributed by atoms with Crippen LogP contribution in [0.15, 0.2) is 35.2 Å². The summed E-state index contributed by atoms with van der Waals surface area (Å²) in [6.45, 7) is 4.30. The summed E-state index contributed by atoms with van der Waals surface area (Å²) < 4.78 is 28.1. The number of carbonyl (C=O) groups excluding carboxylic acids is 1. The van der Waals surface area contributed by atoms with Crippen molar-refractivity contribution in [3.63, 3.8) is 0 Å². The van der Waals surface area contributed by atoms with Gasteiger partial charge in [0.15, 0.2) is 17.2 Å². The first-order valence-corrected chi connectivity index (χ1v) is 10.7. The standard InChI is InChI=1S/C20H24N2O6S/c1-12-3-4-18(13(2)9-12)29(27,28)21-15-5-7-22(8-6-15)20(26)14-10-16(23)19(25)17(24)11-14/h3-4,9-11,15,21,23-25H,5-8H2,1-2H3. The Kier molecular flexibility index (Phi) is 5.72. The zero-order valence-electron chi connectivity index (χ0n) is 16.2. The molecule has 0 aliphatic carbocycles. The van der Waals surface area contributed by atoms with Crippen LogP contribution in [0, 0.1) is 13.8 Å². The Bertz CT molecular complexity index is 1020. The predicted octanol–water partition coefficient (Wildman–Crippen LogP) is 2.00. The fraction of sp³-hybridized carbons (Fsp3) is 0.350. The van der Waals surface area contributed by atoms with Gasteiger partial charge in [0.25, 0.3) is 5.91 Å². The minimum Gasteiger partial charge on any atom is -0.504 e. The van der Waals surface area contributed by atoms with Crippen LogP contribution in [-0.2, 0) is 10.0 Å². The van der Waals surface area contributed by atoms with Gasteiger partial charge in [0.1, 0.15) is 0 Å². The summed E-state index contributed by atoms with van der Waals surface area (Å²) in [7, 11) is -3.66. The van der Waals surface area contributed by atoms with Crippen LogP contribution >= 0.6 is 0 Å². The Labute approximate surface area is 169 Å². The number of sulfonamides is 1. The normalized spacial score (nSPS) is 15.4. The summed E-state index contributed by atoms with van der Waals surface area (Å²) in [5.74, 6) is -2.25. The molecule has 1 heterocycles. The van der Waals surface area contributed by atoms with Gasteiger partial charge in [-0.25, -0.2) is 13.1 Å². The van der Waals surface area contributed by atoms with Crippen molar-refractivity contribution < 1.29 is 28.5 Å². The quantitative estimate of drug-likeness (QED) is 0.561. The van der Waals surface area contributed by atoms with Gasteiger partial charge in [-0.1, -0.05) is 17.7 Å². The number of piperidine rings is 1. The van der Waals surface area contributed by atoms with Crippen LogP contribution in [0.5, 0.6) is 17.2 Å². The number of phenols is 3. The van der Waals surface area contributed by atoms with Gasteiger partial charge in [-0.15, -0.1) is 0 Å². The van der Waals surface area contributed by atoms with E-state index in [1.54, 1.807) is 19.1 Å². The molecule has 9 heteroatoms. The number of nitrogens with zero attached hydrogens (tertiary/aromatic N) is 1. The van der Waals surface area contributed by atoms with E-state index in [-0.39, 0.29) is 16.5 Å². The predicted molar refractivity (Wildman–Crippen MR) is 107 cm³/mol. The Morgan fingerprint density at radius 2 is 1.62 bits per heavy atom. The maximum atomic E-state index is 12.7. The molecule has 8 nitrogen and oxygen atoms in total. The molecule has 0 aromatic heterocycles. The van der Waals surface area contributed by atoms with Crippen LogP contribution in [0.2, 0.25) is 0 Å². The molecule has 2 aromatic rings.